The molecule has 0 radical (unpaired) electrons. The van der Waals surface area contributed by atoms with Crippen LogP contribution in [0, 0.1) is 10.1 Å². The minimum Gasteiger partial charge on any atom is -0.402 e. The average molecular weight is 373 g/mol. The topological polar surface area (TPSA) is 81.8 Å². The molecule has 0 saturated heterocycles. The molecule has 0 bridgehead atoms. The summed E-state index contributed by atoms with van der Waals surface area (Å²) in [5, 5.41) is 10.6. The lowest BCUT2D eigenvalue weighted by atomic mass is 10.2. The van der Waals surface area contributed by atoms with E-state index in [9.17, 15) is 14.9 Å². The number of nitro benzene ring substituents is 1. The minimum atomic E-state index is -0.557. The highest BCUT2D eigenvalue weighted by Crippen LogP contribution is 2.22. The lowest BCUT2D eigenvalue weighted by Crippen LogP contribution is -2.05. The highest BCUT2D eigenvalue weighted by atomic mass is 79.9. The fourth-order valence-corrected chi connectivity index (χ4v) is 2.40. The Kier molecular flexibility index (Phi) is 4.03. The maximum absolute atomic E-state index is 11.9. The third kappa shape index (κ3) is 3.35. The molecule has 2 aromatic carbocycles. The van der Waals surface area contributed by atoms with Crippen LogP contribution in [-0.4, -0.2) is 16.8 Å². The molecule has 0 N–H and O–H groups in total. The highest BCUT2D eigenvalue weighted by molar-refractivity contribution is 9.10. The van der Waals surface area contributed by atoms with Gasteiger partial charge in [-0.15, -0.1) is 0 Å². The molecule has 1 aliphatic heterocycles. The fourth-order valence-electron chi connectivity index (χ4n) is 2.00. The van der Waals surface area contributed by atoms with Gasteiger partial charge >= 0.3 is 5.97 Å². The Morgan fingerprint density at radius 2 is 1.91 bits per heavy atom. The standard InChI is InChI=1S/C16H9BrN2O4/c17-12-3-1-2-11(9-12)15-18-14(16(20)23-15)8-10-4-6-13(7-5-10)19(21)22/h1-9H. The molecule has 2 aromatic rings. The number of aliphatic imine (C=N–C) groups is 1. The van der Waals surface area contributed by atoms with Gasteiger partial charge in [-0.2, -0.15) is 0 Å². The van der Waals surface area contributed by atoms with E-state index in [-0.39, 0.29) is 17.3 Å². The molecule has 0 aliphatic carbocycles. The van der Waals surface area contributed by atoms with Gasteiger partial charge < -0.3 is 4.74 Å². The van der Waals surface area contributed by atoms with Crippen molar-refractivity contribution in [2.75, 3.05) is 0 Å². The third-order valence-corrected chi connectivity index (χ3v) is 3.59. The molecule has 0 saturated carbocycles. The van der Waals surface area contributed by atoms with Crippen LogP contribution in [0.25, 0.3) is 6.08 Å². The third-order valence-electron chi connectivity index (χ3n) is 3.10. The summed E-state index contributed by atoms with van der Waals surface area (Å²) in [7, 11) is 0. The van der Waals surface area contributed by atoms with Gasteiger partial charge in [-0.1, -0.05) is 22.0 Å². The first-order valence-electron chi connectivity index (χ1n) is 6.56. The van der Waals surface area contributed by atoms with E-state index in [1.54, 1.807) is 24.3 Å². The van der Waals surface area contributed by atoms with E-state index >= 15 is 0 Å². The summed E-state index contributed by atoms with van der Waals surface area (Å²) in [4.78, 5) is 26.2. The molecule has 0 amide bonds. The van der Waals surface area contributed by atoms with E-state index in [1.807, 2.05) is 12.1 Å². The zero-order valence-electron chi connectivity index (χ0n) is 11.6. The lowest BCUT2D eigenvalue weighted by Gasteiger charge is -1.99. The number of hydrogen-bond acceptors (Lipinski definition) is 5. The largest absolute Gasteiger partial charge is 0.402 e. The van der Waals surface area contributed by atoms with Gasteiger partial charge in [0.15, 0.2) is 5.70 Å². The number of carbonyl (C=O) groups excluding carboxylic acids is 1. The molecular formula is C16H9BrN2O4. The quantitative estimate of drug-likeness (QED) is 0.356. The number of ether oxygens (including phenoxy) is 1. The molecule has 0 aromatic heterocycles. The van der Waals surface area contributed by atoms with Gasteiger partial charge in [0.2, 0.25) is 5.90 Å². The highest BCUT2D eigenvalue weighted by Gasteiger charge is 2.24. The van der Waals surface area contributed by atoms with Gasteiger partial charge in [0.25, 0.3) is 5.69 Å². The summed E-state index contributed by atoms with van der Waals surface area (Å²) < 4.78 is 6.01. The van der Waals surface area contributed by atoms with Gasteiger partial charge in [0.1, 0.15) is 0 Å². The zero-order valence-corrected chi connectivity index (χ0v) is 13.2. The van der Waals surface area contributed by atoms with Crippen molar-refractivity contribution in [3.05, 3.63) is 79.9 Å². The van der Waals surface area contributed by atoms with E-state index in [2.05, 4.69) is 20.9 Å². The van der Waals surface area contributed by atoms with Crippen molar-refractivity contribution in [3.63, 3.8) is 0 Å². The first kappa shape index (κ1) is 15.1. The van der Waals surface area contributed by atoms with Crippen LogP contribution in [0.3, 0.4) is 0 Å². The summed E-state index contributed by atoms with van der Waals surface area (Å²) in [6.45, 7) is 0. The fraction of sp³-hybridized carbons (Fsp3) is 0. The normalized spacial score (nSPS) is 15.4. The molecule has 0 fully saturated rings. The number of esters is 1. The summed E-state index contributed by atoms with van der Waals surface area (Å²) >= 11 is 3.35. The van der Waals surface area contributed by atoms with Crippen LogP contribution >= 0.6 is 15.9 Å². The van der Waals surface area contributed by atoms with Crippen molar-refractivity contribution >= 4 is 39.6 Å². The van der Waals surface area contributed by atoms with Gasteiger partial charge in [-0.05, 0) is 42.0 Å². The summed E-state index contributed by atoms with van der Waals surface area (Å²) in [5.41, 5.74) is 1.44. The number of benzene rings is 2. The van der Waals surface area contributed by atoms with Crippen LogP contribution in [0.15, 0.2) is 63.7 Å². The molecule has 7 heteroatoms. The van der Waals surface area contributed by atoms with E-state index in [4.69, 9.17) is 4.74 Å². The van der Waals surface area contributed by atoms with Crippen molar-refractivity contribution in [2.24, 2.45) is 4.99 Å². The van der Waals surface area contributed by atoms with Crippen molar-refractivity contribution in [1.82, 2.24) is 0 Å². The molecule has 0 atom stereocenters. The Hall–Kier alpha value is -2.80. The van der Waals surface area contributed by atoms with Crippen LogP contribution in [0.5, 0.6) is 0 Å². The van der Waals surface area contributed by atoms with Crippen molar-refractivity contribution in [3.8, 4) is 0 Å². The Bertz CT molecular complexity index is 857. The molecule has 0 spiro atoms. The summed E-state index contributed by atoms with van der Waals surface area (Å²) in [5.74, 6) is -0.331. The number of halogens is 1. The molecule has 3 rings (SSSR count). The molecule has 6 nitrogen and oxygen atoms in total. The number of rotatable bonds is 3. The first-order chi connectivity index (χ1) is 11.0. The Balaban J connectivity index is 1.90. The zero-order chi connectivity index (χ0) is 16.4. The van der Waals surface area contributed by atoms with Gasteiger partial charge in [0, 0.05) is 22.2 Å². The van der Waals surface area contributed by atoms with Crippen molar-refractivity contribution < 1.29 is 14.5 Å². The first-order valence-corrected chi connectivity index (χ1v) is 7.35. The molecular weight excluding hydrogens is 364 g/mol. The molecule has 0 unspecified atom stereocenters. The van der Waals surface area contributed by atoms with Crippen molar-refractivity contribution in [2.45, 2.75) is 0 Å². The summed E-state index contributed by atoms with van der Waals surface area (Å²) in [6, 6.07) is 13.1. The Morgan fingerprint density at radius 3 is 2.57 bits per heavy atom. The second kappa shape index (κ2) is 6.13. The van der Waals surface area contributed by atoms with E-state index in [1.165, 1.54) is 18.2 Å². The number of non-ortho nitro benzene ring substituents is 1. The van der Waals surface area contributed by atoms with Crippen molar-refractivity contribution in [1.29, 1.82) is 0 Å². The maximum atomic E-state index is 11.9. The predicted molar refractivity (Wildman–Crippen MR) is 87.8 cm³/mol. The number of cyclic esters (lactones) is 1. The van der Waals surface area contributed by atoms with Crippen LogP contribution < -0.4 is 0 Å². The SMILES string of the molecule is O=C1OC(c2cccc(Br)c2)=NC1=Cc1ccc([N+](=O)[O-])cc1. The van der Waals surface area contributed by atoms with Gasteiger partial charge in [0.05, 0.1) is 4.92 Å². The monoisotopic (exact) mass is 372 g/mol. The van der Waals surface area contributed by atoms with Crippen LogP contribution in [0.1, 0.15) is 11.1 Å². The molecule has 23 heavy (non-hydrogen) atoms. The molecule has 114 valence electrons. The number of carbonyl (C=O) groups is 1. The van der Waals surface area contributed by atoms with E-state index in [0.29, 0.717) is 11.1 Å². The van der Waals surface area contributed by atoms with Crippen LogP contribution in [0.2, 0.25) is 0 Å². The number of nitrogens with zero attached hydrogens (tertiary/aromatic N) is 2. The average Bonchev–Trinajstić information content (AvgIpc) is 2.89. The van der Waals surface area contributed by atoms with E-state index in [0.717, 1.165) is 4.47 Å². The minimum absolute atomic E-state index is 0.0144. The van der Waals surface area contributed by atoms with E-state index < -0.39 is 10.9 Å². The van der Waals surface area contributed by atoms with Crippen LogP contribution in [0.4, 0.5) is 5.69 Å². The lowest BCUT2D eigenvalue weighted by molar-refractivity contribution is -0.384. The Morgan fingerprint density at radius 1 is 1.17 bits per heavy atom. The molecule has 1 heterocycles. The molecule has 1 aliphatic rings. The smallest absolute Gasteiger partial charge is 0.363 e. The maximum Gasteiger partial charge on any atom is 0.363 e. The second-order valence-electron chi connectivity index (χ2n) is 4.70. The van der Waals surface area contributed by atoms with Gasteiger partial charge in [-0.25, -0.2) is 9.79 Å². The number of nitro groups is 1. The number of hydrogen-bond donors (Lipinski definition) is 0. The Labute approximate surface area is 139 Å². The van der Waals surface area contributed by atoms with Gasteiger partial charge in [-0.3, -0.25) is 10.1 Å². The predicted octanol–water partition coefficient (Wildman–Crippen LogP) is 3.70. The second-order valence-corrected chi connectivity index (χ2v) is 5.61. The summed E-state index contributed by atoms with van der Waals surface area (Å²) in [6.07, 6.45) is 1.52. The van der Waals surface area contributed by atoms with Crippen LogP contribution in [-0.2, 0) is 9.53 Å².